The Hall–Kier alpha value is -1.35. The number of hydrogen-bond acceptors (Lipinski definition) is 3. The summed E-state index contributed by atoms with van der Waals surface area (Å²) in [4.78, 5) is 11.8. The van der Waals surface area contributed by atoms with Gasteiger partial charge in [0.2, 0.25) is 0 Å². The van der Waals surface area contributed by atoms with E-state index >= 15 is 0 Å². The van der Waals surface area contributed by atoms with Crippen LogP contribution >= 0.6 is 0 Å². The SMILES string of the molecule is COC(=O)[C@H]1CCNC[C@@H]1c1ccc(C)cc1. The predicted octanol–water partition coefficient (Wildman–Crippen LogP) is 1.86. The van der Waals surface area contributed by atoms with Gasteiger partial charge in [-0.3, -0.25) is 4.79 Å². The number of ether oxygens (including phenoxy) is 1. The van der Waals surface area contributed by atoms with E-state index in [1.807, 2.05) is 0 Å². The molecule has 2 atom stereocenters. The van der Waals surface area contributed by atoms with Gasteiger partial charge in [-0.25, -0.2) is 0 Å². The van der Waals surface area contributed by atoms with Crippen LogP contribution in [0.5, 0.6) is 0 Å². The van der Waals surface area contributed by atoms with E-state index < -0.39 is 0 Å². The first kappa shape index (κ1) is 12.1. The molecule has 1 aliphatic rings. The van der Waals surface area contributed by atoms with Crippen molar-refractivity contribution in [1.82, 2.24) is 5.32 Å². The van der Waals surface area contributed by atoms with Gasteiger partial charge < -0.3 is 10.1 Å². The van der Waals surface area contributed by atoms with E-state index in [0.717, 1.165) is 19.5 Å². The minimum absolute atomic E-state index is 0.0102. The molecule has 2 rings (SSSR count). The summed E-state index contributed by atoms with van der Waals surface area (Å²) in [7, 11) is 1.47. The van der Waals surface area contributed by atoms with Crippen LogP contribution in [0.3, 0.4) is 0 Å². The van der Waals surface area contributed by atoms with Gasteiger partial charge in [-0.2, -0.15) is 0 Å². The van der Waals surface area contributed by atoms with Gasteiger partial charge in [-0.1, -0.05) is 29.8 Å². The summed E-state index contributed by atoms with van der Waals surface area (Å²) in [6.45, 7) is 3.81. The Morgan fingerprint density at radius 2 is 2.06 bits per heavy atom. The molecule has 92 valence electrons. The lowest BCUT2D eigenvalue weighted by Gasteiger charge is -2.30. The van der Waals surface area contributed by atoms with Gasteiger partial charge >= 0.3 is 5.97 Å². The first-order chi connectivity index (χ1) is 8.22. The van der Waals surface area contributed by atoms with E-state index in [1.54, 1.807) is 0 Å². The molecule has 1 aromatic rings. The molecule has 0 unspecified atom stereocenters. The Morgan fingerprint density at radius 1 is 1.35 bits per heavy atom. The Balaban J connectivity index is 2.21. The molecule has 0 aliphatic carbocycles. The van der Waals surface area contributed by atoms with E-state index in [2.05, 4.69) is 36.5 Å². The van der Waals surface area contributed by atoms with Gasteiger partial charge in [0.15, 0.2) is 0 Å². The number of aryl methyl sites for hydroxylation is 1. The molecule has 0 spiro atoms. The molecule has 3 nitrogen and oxygen atoms in total. The van der Waals surface area contributed by atoms with Crippen LogP contribution in [0.1, 0.15) is 23.5 Å². The van der Waals surface area contributed by atoms with Crippen molar-refractivity contribution in [3.8, 4) is 0 Å². The molecule has 1 N–H and O–H groups in total. The first-order valence-corrected chi connectivity index (χ1v) is 6.07. The van der Waals surface area contributed by atoms with Crippen LogP contribution in [0.2, 0.25) is 0 Å². The monoisotopic (exact) mass is 233 g/mol. The Kier molecular flexibility index (Phi) is 3.79. The maximum atomic E-state index is 11.8. The summed E-state index contributed by atoms with van der Waals surface area (Å²) >= 11 is 0. The van der Waals surface area contributed by atoms with Gasteiger partial charge in [-0.15, -0.1) is 0 Å². The van der Waals surface area contributed by atoms with Crippen molar-refractivity contribution >= 4 is 5.97 Å². The number of benzene rings is 1. The Labute approximate surface area is 102 Å². The van der Waals surface area contributed by atoms with Crippen molar-refractivity contribution in [2.24, 2.45) is 5.92 Å². The molecule has 3 heteroatoms. The highest BCUT2D eigenvalue weighted by Crippen LogP contribution is 2.30. The van der Waals surface area contributed by atoms with Gasteiger partial charge in [0.1, 0.15) is 0 Å². The van der Waals surface area contributed by atoms with Crippen LogP contribution in [-0.2, 0) is 9.53 Å². The first-order valence-electron chi connectivity index (χ1n) is 6.07. The van der Waals surface area contributed by atoms with E-state index in [-0.39, 0.29) is 17.8 Å². The zero-order valence-corrected chi connectivity index (χ0v) is 10.4. The molecule has 1 saturated heterocycles. The van der Waals surface area contributed by atoms with Crippen LogP contribution in [0.4, 0.5) is 0 Å². The maximum Gasteiger partial charge on any atom is 0.309 e. The van der Waals surface area contributed by atoms with Crippen molar-refractivity contribution in [3.63, 3.8) is 0 Å². The molecule has 1 aliphatic heterocycles. The van der Waals surface area contributed by atoms with E-state index in [9.17, 15) is 4.79 Å². The van der Waals surface area contributed by atoms with Crippen molar-refractivity contribution in [2.75, 3.05) is 20.2 Å². The molecular formula is C14H19NO2. The molecule has 0 aromatic heterocycles. The maximum absolute atomic E-state index is 11.8. The smallest absolute Gasteiger partial charge is 0.309 e. The molecule has 0 saturated carbocycles. The number of hydrogen-bond donors (Lipinski definition) is 1. The van der Waals surface area contributed by atoms with Gasteiger partial charge in [-0.05, 0) is 25.5 Å². The zero-order chi connectivity index (χ0) is 12.3. The lowest BCUT2D eigenvalue weighted by atomic mass is 9.81. The largest absolute Gasteiger partial charge is 0.469 e. The third-order valence-electron chi connectivity index (χ3n) is 3.49. The second kappa shape index (κ2) is 5.32. The quantitative estimate of drug-likeness (QED) is 0.792. The fourth-order valence-electron chi connectivity index (χ4n) is 2.46. The second-order valence-electron chi connectivity index (χ2n) is 4.64. The third-order valence-corrected chi connectivity index (χ3v) is 3.49. The summed E-state index contributed by atoms with van der Waals surface area (Å²) in [5.74, 6) is 0.137. The van der Waals surface area contributed by atoms with E-state index in [0.29, 0.717) is 0 Å². The summed E-state index contributed by atoms with van der Waals surface area (Å²) in [6.07, 6.45) is 0.852. The topological polar surface area (TPSA) is 38.3 Å². The molecule has 1 fully saturated rings. The predicted molar refractivity (Wildman–Crippen MR) is 66.9 cm³/mol. The number of rotatable bonds is 2. The van der Waals surface area contributed by atoms with E-state index in [1.165, 1.54) is 18.2 Å². The highest BCUT2D eigenvalue weighted by molar-refractivity contribution is 5.73. The fourth-order valence-corrected chi connectivity index (χ4v) is 2.46. The molecular weight excluding hydrogens is 214 g/mol. The van der Waals surface area contributed by atoms with Crippen LogP contribution in [0.25, 0.3) is 0 Å². The lowest BCUT2D eigenvalue weighted by molar-refractivity contribution is -0.147. The van der Waals surface area contributed by atoms with Crippen LogP contribution in [0.15, 0.2) is 24.3 Å². The Morgan fingerprint density at radius 3 is 2.71 bits per heavy atom. The molecule has 0 bridgehead atoms. The summed E-state index contributed by atoms with van der Waals surface area (Å²) in [5, 5.41) is 3.35. The highest BCUT2D eigenvalue weighted by atomic mass is 16.5. The number of esters is 1. The normalized spacial score (nSPS) is 24.4. The van der Waals surface area contributed by atoms with Crippen molar-refractivity contribution in [2.45, 2.75) is 19.3 Å². The molecule has 1 heterocycles. The Bertz CT molecular complexity index is 386. The average molecular weight is 233 g/mol. The van der Waals surface area contributed by atoms with Crippen molar-refractivity contribution < 1.29 is 9.53 Å². The molecule has 0 amide bonds. The van der Waals surface area contributed by atoms with Gasteiger partial charge in [0.25, 0.3) is 0 Å². The second-order valence-corrected chi connectivity index (χ2v) is 4.64. The molecule has 0 radical (unpaired) electrons. The van der Waals surface area contributed by atoms with E-state index in [4.69, 9.17) is 4.74 Å². The van der Waals surface area contributed by atoms with Crippen LogP contribution < -0.4 is 5.32 Å². The van der Waals surface area contributed by atoms with Crippen molar-refractivity contribution in [3.05, 3.63) is 35.4 Å². The minimum Gasteiger partial charge on any atom is -0.469 e. The molecule has 17 heavy (non-hydrogen) atoms. The van der Waals surface area contributed by atoms with Gasteiger partial charge in [0, 0.05) is 12.5 Å². The summed E-state index contributed by atoms with van der Waals surface area (Å²) in [6, 6.07) is 8.42. The average Bonchev–Trinajstić information content (AvgIpc) is 2.39. The lowest BCUT2D eigenvalue weighted by Crippen LogP contribution is -2.39. The number of methoxy groups -OCH3 is 1. The molecule has 1 aromatic carbocycles. The summed E-state index contributed by atoms with van der Waals surface area (Å²) in [5.41, 5.74) is 2.46. The number of piperidine rings is 1. The fraction of sp³-hybridized carbons (Fsp3) is 0.500. The standard InChI is InChI=1S/C14H19NO2/c1-10-3-5-11(6-4-10)13-9-15-8-7-12(13)14(16)17-2/h3-6,12-13,15H,7-9H2,1-2H3/t12-,13+/m0/s1. The van der Waals surface area contributed by atoms with Gasteiger partial charge in [0.05, 0.1) is 13.0 Å². The van der Waals surface area contributed by atoms with Crippen molar-refractivity contribution in [1.29, 1.82) is 0 Å². The van der Waals surface area contributed by atoms with Crippen LogP contribution in [0, 0.1) is 12.8 Å². The van der Waals surface area contributed by atoms with Crippen LogP contribution in [-0.4, -0.2) is 26.2 Å². The number of nitrogens with one attached hydrogen (secondary N) is 1. The minimum atomic E-state index is -0.0860. The third kappa shape index (κ3) is 2.67. The number of carbonyl (C=O) groups is 1. The highest BCUT2D eigenvalue weighted by Gasteiger charge is 2.32. The summed E-state index contributed by atoms with van der Waals surface area (Å²) < 4.78 is 4.90. The number of carbonyl (C=O) groups excluding carboxylic acids is 1. The zero-order valence-electron chi connectivity index (χ0n) is 10.4.